The first-order valence-corrected chi connectivity index (χ1v) is 21.9. The molecule has 1 spiro atoms. The molecule has 1 unspecified atom stereocenters. The van der Waals surface area contributed by atoms with Crippen LogP contribution in [0.5, 0.6) is 40.2 Å². The maximum absolute atomic E-state index is 15.0. The van der Waals surface area contributed by atoms with Crippen molar-refractivity contribution in [2.75, 3.05) is 39.9 Å². The Balaban J connectivity index is 1.12. The summed E-state index contributed by atoms with van der Waals surface area (Å²) >= 11 is 1.44. The van der Waals surface area contributed by atoms with Crippen molar-refractivity contribution >= 4 is 35.7 Å². The van der Waals surface area contributed by atoms with Gasteiger partial charge >= 0.3 is 17.9 Å². The number of carbonyl (C=O) groups is 3. The number of aromatic hydroxyl groups is 1. The van der Waals surface area contributed by atoms with Gasteiger partial charge in [-0.3, -0.25) is 15.0 Å². The molecule has 4 bridgehead atoms. The average molecular weight is 878 g/mol. The summed E-state index contributed by atoms with van der Waals surface area (Å²) in [6.07, 6.45) is 2.84. The number of piperazine rings is 1. The minimum Gasteiger partial charge on any atom is -0.504 e. The number of carbonyl (C=O) groups excluding carboxylic acids is 3. The Morgan fingerprint density at radius 1 is 0.952 bits per heavy atom. The summed E-state index contributed by atoms with van der Waals surface area (Å²) in [6, 6.07) is 12.4. The van der Waals surface area contributed by atoms with Gasteiger partial charge in [0.15, 0.2) is 40.0 Å². The van der Waals surface area contributed by atoms with Crippen molar-refractivity contribution in [1.29, 1.82) is 0 Å². The summed E-state index contributed by atoms with van der Waals surface area (Å²) in [5.74, 6) is 0.361. The highest BCUT2D eigenvalue weighted by Crippen LogP contribution is 2.63. The zero-order valence-corrected chi connectivity index (χ0v) is 36.1. The fraction of sp³-hybridized carbons (Fsp3) is 0.383. The van der Waals surface area contributed by atoms with Gasteiger partial charge < -0.3 is 48.7 Å². The van der Waals surface area contributed by atoms with Gasteiger partial charge in [-0.25, -0.2) is 9.59 Å². The van der Waals surface area contributed by atoms with E-state index in [2.05, 4.69) is 10.6 Å². The van der Waals surface area contributed by atoms with Crippen LogP contribution in [0.25, 0.3) is 6.08 Å². The van der Waals surface area contributed by atoms with Gasteiger partial charge in [-0.15, -0.1) is 11.8 Å². The Kier molecular flexibility index (Phi) is 10.3. The Morgan fingerprint density at radius 2 is 1.75 bits per heavy atom. The van der Waals surface area contributed by atoms with Crippen LogP contribution in [0.2, 0.25) is 0 Å². The van der Waals surface area contributed by atoms with Crippen molar-refractivity contribution in [2.24, 2.45) is 0 Å². The molecule has 2 saturated heterocycles. The molecule has 11 rings (SSSR count). The molecule has 0 aliphatic carbocycles. The molecule has 4 aromatic rings. The number of esters is 3. The number of ether oxygens (including phenoxy) is 7. The lowest BCUT2D eigenvalue weighted by Crippen LogP contribution is -2.69. The number of nitrogens with zero attached hydrogens (tertiary/aromatic N) is 1. The SMILES string of the molecule is COc1cc2c(cc1OC(=O)/C=C/c1ccccc1)CCN[C@]21CS[C@@H]2c3c(OC(C)=O)c(C)c4c(c3[C@H](COC1=O)N1C2[C@@H]2N[C@@H](Cc3cc(C)c(OC)c(O)c32)[C@@H]1O)OCO4. The number of thioether (sulfide) groups is 1. The van der Waals surface area contributed by atoms with Crippen molar-refractivity contribution in [1.82, 2.24) is 15.5 Å². The molecule has 7 aliphatic heterocycles. The molecule has 0 saturated carbocycles. The first-order valence-electron chi connectivity index (χ1n) is 20.9. The molecule has 7 aliphatic rings. The van der Waals surface area contributed by atoms with Crippen LogP contribution in [-0.2, 0) is 37.5 Å². The quantitative estimate of drug-likeness (QED) is 0.115. The van der Waals surface area contributed by atoms with Gasteiger partial charge in [0.05, 0.1) is 37.6 Å². The third-order valence-electron chi connectivity index (χ3n) is 13.2. The van der Waals surface area contributed by atoms with Crippen LogP contribution in [0, 0.1) is 13.8 Å². The van der Waals surface area contributed by atoms with Crippen LogP contribution in [0.3, 0.4) is 0 Å². The Morgan fingerprint density at radius 3 is 2.51 bits per heavy atom. The summed E-state index contributed by atoms with van der Waals surface area (Å²) in [5.41, 5.74) is 4.85. The lowest BCUT2D eigenvalue weighted by molar-refractivity contribution is -0.164. The van der Waals surface area contributed by atoms with Crippen LogP contribution < -0.4 is 39.1 Å². The monoisotopic (exact) mass is 877 g/mol. The van der Waals surface area contributed by atoms with Crippen molar-refractivity contribution in [3.63, 3.8) is 0 Å². The number of aliphatic hydroxyl groups is 1. The topological polar surface area (TPSA) is 184 Å². The highest BCUT2D eigenvalue weighted by Gasteiger charge is 2.60. The van der Waals surface area contributed by atoms with Gasteiger partial charge in [-0.2, -0.15) is 0 Å². The Hall–Kier alpha value is -5.78. The second-order valence-corrected chi connectivity index (χ2v) is 17.8. The van der Waals surface area contributed by atoms with E-state index in [4.69, 9.17) is 33.2 Å². The molecule has 7 atom stereocenters. The number of rotatable bonds is 6. The van der Waals surface area contributed by atoms with Gasteiger partial charge in [-0.1, -0.05) is 36.4 Å². The maximum Gasteiger partial charge on any atom is 0.336 e. The maximum atomic E-state index is 15.0. The molecule has 328 valence electrons. The fourth-order valence-corrected chi connectivity index (χ4v) is 12.2. The molecular formula is C47H47N3O12S. The Bertz CT molecular complexity index is 2600. The molecule has 0 radical (unpaired) electrons. The van der Waals surface area contributed by atoms with E-state index in [1.165, 1.54) is 39.0 Å². The standard InChI is InChI=1S/C47H47N3O12S/c1-22-15-27-16-29-45(54)50-30-19-58-46(55)47(28-18-31(56-4)32(17-26(28)13-14-48-47)62-33(52)12-11-25-9-7-6-8-10-25)20-63-44(38(50)37(49-29)34(27)39(53)40(22)57-5)36-35(30)43-42(59-21-60-43)23(2)41(36)61-24(3)51/h6-12,15,17-18,29-30,37-38,44-45,48-49,53-54H,13-14,16,19-21H2,1-5H3/b12-11+/t29-,30-,37+,38?,44+,45-,47+/m0/s1. The minimum absolute atomic E-state index is 0.00462. The number of fused-ring (bicyclic) bond motifs is 9. The molecule has 2 fully saturated rings. The number of aryl methyl sites for hydroxylation is 1. The summed E-state index contributed by atoms with van der Waals surface area (Å²) in [6.45, 7) is 5.10. The number of aliphatic hydroxyl groups excluding tert-OH is 1. The van der Waals surface area contributed by atoms with Crippen molar-refractivity contribution < 1.29 is 57.8 Å². The van der Waals surface area contributed by atoms with E-state index >= 15 is 0 Å². The summed E-state index contributed by atoms with van der Waals surface area (Å²) in [4.78, 5) is 43.1. The van der Waals surface area contributed by atoms with Crippen molar-refractivity contribution in [3.05, 3.63) is 105 Å². The van der Waals surface area contributed by atoms with Crippen molar-refractivity contribution in [3.8, 4) is 40.2 Å². The number of methoxy groups -OCH3 is 2. The van der Waals surface area contributed by atoms with Crippen LogP contribution in [0.4, 0.5) is 0 Å². The average Bonchev–Trinajstić information content (AvgIpc) is 3.77. The second kappa shape index (κ2) is 15.8. The van der Waals surface area contributed by atoms with E-state index in [-0.39, 0.29) is 36.4 Å². The van der Waals surface area contributed by atoms with Crippen LogP contribution in [-0.4, -0.2) is 91.2 Å². The van der Waals surface area contributed by atoms with Gasteiger partial charge in [-0.05, 0) is 72.7 Å². The van der Waals surface area contributed by atoms with E-state index in [0.29, 0.717) is 70.2 Å². The fourth-order valence-electron chi connectivity index (χ4n) is 10.5. The van der Waals surface area contributed by atoms with E-state index < -0.39 is 59.1 Å². The molecule has 0 amide bonds. The normalized spacial score (nSPS) is 26.5. The smallest absolute Gasteiger partial charge is 0.336 e. The van der Waals surface area contributed by atoms with Gasteiger partial charge in [0.25, 0.3) is 0 Å². The first-order chi connectivity index (χ1) is 30.4. The lowest BCUT2D eigenvalue weighted by atomic mass is 9.74. The number of hydrogen-bond acceptors (Lipinski definition) is 16. The first kappa shape index (κ1) is 41.2. The van der Waals surface area contributed by atoms with Gasteiger partial charge in [0.1, 0.15) is 18.6 Å². The zero-order chi connectivity index (χ0) is 43.9. The van der Waals surface area contributed by atoms with Crippen LogP contribution in [0.15, 0.2) is 54.6 Å². The number of benzene rings is 4. The molecule has 7 heterocycles. The number of phenols is 1. The number of nitrogens with one attached hydrogen (secondary N) is 2. The molecule has 4 N–H and O–H groups in total. The van der Waals surface area contributed by atoms with E-state index in [0.717, 1.165) is 22.3 Å². The molecule has 0 aromatic heterocycles. The third-order valence-corrected chi connectivity index (χ3v) is 14.6. The zero-order valence-electron chi connectivity index (χ0n) is 35.3. The number of hydrogen-bond donors (Lipinski definition) is 4. The second-order valence-electron chi connectivity index (χ2n) is 16.6. The predicted octanol–water partition coefficient (Wildman–Crippen LogP) is 4.98. The molecular weight excluding hydrogens is 831 g/mol. The summed E-state index contributed by atoms with van der Waals surface area (Å²) in [7, 11) is 2.99. The minimum atomic E-state index is -1.44. The van der Waals surface area contributed by atoms with E-state index in [9.17, 15) is 24.6 Å². The van der Waals surface area contributed by atoms with Crippen LogP contribution >= 0.6 is 11.8 Å². The molecule has 16 heteroatoms. The molecule has 63 heavy (non-hydrogen) atoms. The highest BCUT2D eigenvalue weighted by molar-refractivity contribution is 7.99. The highest BCUT2D eigenvalue weighted by atomic mass is 32.2. The third kappa shape index (κ3) is 6.52. The lowest BCUT2D eigenvalue weighted by Gasteiger charge is -2.59. The molecule has 4 aromatic carbocycles. The summed E-state index contributed by atoms with van der Waals surface area (Å²) in [5, 5.41) is 31.1. The molecule has 15 nitrogen and oxygen atoms in total. The number of phenolic OH excluding ortho intramolecular Hbond substituents is 1. The van der Waals surface area contributed by atoms with Crippen LogP contribution in [0.1, 0.15) is 74.3 Å². The van der Waals surface area contributed by atoms with Gasteiger partial charge in [0, 0.05) is 53.6 Å². The summed E-state index contributed by atoms with van der Waals surface area (Å²) < 4.78 is 42.2. The van der Waals surface area contributed by atoms with E-state index in [1.54, 1.807) is 18.2 Å². The Labute approximate surface area is 367 Å². The van der Waals surface area contributed by atoms with E-state index in [1.807, 2.05) is 55.1 Å². The predicted molar refractivity (Wildman–Crippen MR) is 229 cm³/mol. The van der Waals surface area contributed by atoms with Gasteiger partial charge in [0.2, 0.25) is 6.79 Å². The largest absolute Gasteiger partial charge is 0.504 e. The van der Waals surface area contributed by atoms with Crippen molar-refractivity contribution in [2.45, 2.75) is 74.8 Å².